The normalized spacial score (nSPS) is 25.0. The number of alkyl halides is 2. The maximum Gasteiger partial charge on any atom is 0.408 e. The van der Waals surface area contributed by atoms with Crippen LogP contribution in [0, 0.1) is 5.92 Å². The maximum atomic E-state index is 13.1. The fourth-order valence-corrected chi connectivity index (χ4v) is 5.47. The van der Waals surface area contributed by atoms with E-state index in [-0.39, 0.29) is 18.1 Å². The molecular formula is C28H33F2N3O3. The van der Waals surface area contributed by atoms with Crippen molar-refractivity contribution < 1.29 is 23.1 Å². The van der Waals surface area contributed by atoms with Gasteiger partial charge in [-0.15, -0.1) is 0 Å². The molecule has 0 radical (unpaired) electrons. The minimum absolute atomic E-state index is 0.0249. The number of halogens is 2. The first-order valence-electron chi connectivity index (χ1n) is 12.7. The summed E-state index contributed by atoms with van der Waals surface area (Å²) < 4.78 is 32.0. The second kappa shape index (κ2) is 9.47. The molecule has 0 aromatic heterocycles. The van der Waals surface area contributed by atoms with Crippen molar-refractivity contribution in [3.63, 3.8) is 0 Å². The number of ether oxygens (including phenoxy) is 1. The average molecular weight is 498 g/mol. The van der Waals surface area contributed by atoms with E-state index in [1.807, 2.05) is 50.2 Å². The molecule has 36 heavy (non-hydrogen) atoms. The van der Waals surface area contributed by atoms with Gasteiger partial charge in [-0.3, -0.25) is 4.79 Å². The summed E-state index contributed by atoms with van der Waals surface area (Å²) in [5.74, 6) is -2.70. The Morgan fingerprint density at radius 2 is 1.47 bits per heavy atom. The number of amides is 2. The molecule has 4 heterocycles. The lowest BCUT2D eigenvalue weighted by molar-refractivity contribution is -0.113. The van der Waals surface area contributed by atoms with Crippen LogP contribution in [-0.4, -0.2) is 66.6 Å². The Morgan fingerprint density at radius 1 is 0.917 bits per heavy atom. The predicted molar refractivity (Wildman–Crippen MR) is 133 cm³/mol. The number of carbonyl (C=O) groups excluding carboxylic acids is 2. The smallest absolute Gasteiger partial charge is 0.408 e. The number of fused-ring (bicyclic) bond motifs is 4. The van der Waals surface area contributed by atoms with Crippen LogP contribution in [0.15, 0.2) is 48.5 Å². The number of likely N-dealkylation sites (tertiary alicyclic amines) is 1. The number of benzene rings is 2. The molecule has 4 saturated heterocycles. The number of hydrogen-bond acceptors (Lipinski definition) is 4. The number of hydrogen-bond donors (Lipinski definition) is 1. The summed E-state index contributed by atoms with van der Waals surface area (Å²) in [5, 5.41) is 3.03. The summed E-state index contributed by atoms with van der Waals surface area (Å²) in [4.78, 5) is 28.7. The van der Waals surface area contributed by atoms with Crippen molar-refractivity contribution in [2.24, 2.45) is 5.92 Å². The van der Waals surface area contributed by atoms with Gasteiger partial charge in [0.05, 0.1) is 18.6 Å². The molecule has 2 aromatic carbocycles. The summed E-state index contributed by atoms with van der Waals surface area (Å²) in [7, 11) is 0. The van der Waals surface area contributed by atoms with Gasteiger partial charge >= 0.3 is 6.09 Å². The molecule has 192 valence electrons. The molecule has 2 bridgehead atoms. The summed E-state index contributed by atoms with van der Waals surface area (Å²) in [6, 6.07) is 14.8. The van der Waals surface area contributed by atoms with Gasteiger partial charge in [-0.2, -0.15) is 0 Å². The Balaban J connectivity index is 1.19. The van der Waals surface area contributed by atoms with Gasteiger partial charge in [0.25, 0.3) is 11.8 Å². The third kappa shape index (κ3) is 5.24. The molecule has 6 nitrogen and oxygen atoms in total. The lowest BCUT2D eigenvalue weighted by Gasteiger charge is -2.38. The second-order valence-electron chi connectivity index (χ2n) is 10.8. The Kier molecular flexibility index (Phi) is 6.49. The highest BCUT2D eigenvalue weighted by Crippen LogP contribution is 2.31. The monoisotopic (exact) mass is 497 g/mol. The van der Waals surface area contributed by atoms with Crippen molar-refractivity contribution in [2.45, 2.75) is 50.7 Å². The molecule has 0 saturated carbocycles. The fourth-order valence-electron chi connectivity index (χ4n) is 5.47. The first-order chi connectivity index (χ1) is 17.1. The van der Waals surface area contributed by atoms with Gasteiger partial charge in [-0.1, -0.05) is 36.4 Å². The number of nitrogens with zero attached hydrogens (tertiary/aromatic N) is 2. The van der Waals surface area contributed by atoms with E-state index >= 15 is 0 Å². The van der Waals surface area contributed by atoms with Crippen LogP contribution in [-0.2, 0) is 10.3 Å². The van der Waals surface area contributed by atoms with Crippen molar-refractivity contribution in [1.82, 2.24) is 15.1 Å². The summed E-state index contributed by atoms with van der Waals surface area (Å²) in [5.41, 5.74) is 2.60. The van der Waals surface area contributed by atoms with E-state index in [0.29, 0.717) is 11.5 Å². The van der Waals surface area contributed by atoms with Crippen LogP contribution in [0.5, 0.6) is 0 Å². The van der Waals surface area contributed by atoms with Gasteiger partial charge in [0.15, 0.2) is 0 Å². The molecule has 0 spiro atoms. The summed E-state index contributed by atoms with van der Waals surface area (Å²) in [6.45, 7) is 6.04. The standard InChI is InChI=1S/C28H33F2N3O3/c1-27(2,31-26(35)36-24-13-16-32-14-11-21(24)12-15-32)23-9-7-20(8-10-23)19-3-5-22(6-4-19)25(34)33-17-28(29,30)18-33/h3-10,21,24H,11-18H2,1-2H3,(H,31,35). The molecule has 6 rings (SSSR count). The van der Waals surface area contributed by atoms with Crippen LogP contribution in [0.4, 0.5) is 13.6 Å². The first kappa shape index (κ1) is 24.7. The molecule has 2 amide bonds. The van der Waals surface area contributed by atoms with Gasteiger partial charge in [0.2, 0.25) is 0 Å². The highest BCUT2D eigenvalue weighted by molar-refractivity contribution is 5.95. The largest absolute Gasteiger partial charge is 0.446 e. The van der Waals surface area contributed by atoms with E-state index in [4.69, 9.17) is 4.74 Å². The van der Waals surface area contributed by atoms with Crippen LogP contribution in [0.3, 0.4) is 0 Å². The molecule has 2 aromatic rings. The van der Waals surface area contributed by atoms with E-state index in [9.17, 15) is 18.4 Å². The Hall–Kier alpha value is -3.00. The van der Waals surface area contributed by atoms with Gasteiger partial charge in [-0.05, 0) is 80.9 Å². The van der Waals surface area contributed by atoms with Gasteiger partial charge < -0.3 is 19.9 Å². The molecule has 4 aliphatic heterocycles. The molecule has 1 atom stereocenters. The van der Waals surface area contributed by atoms with E-state index in [2.05, 4.69) is 10.2 Å². The molecule has 0 aliphatic carbocycles. The summed E-state index contributed by atoms with van der Waals surface area (Å²) in [6.07, 6.45) is 2.66. The lowest BCUT2D eigenvalue weighted by Crippen LogP contribution is -2.58. The summed E-state index contributed by atoms with van der Waals surface area (Å²) >= 11 is 0. The SMILES string of the molecule is CC(C)(NC(=O)OC1CCN2CCC1CC2)c1ccc(-c2ccc(C(=O)N3CC(F)(F)C3)cc2)cc1. The van der Waals surface area contributed by atoms with E-state index in [0.717, 1.165) is 60.5 Å². The van der Waals surface area contributed by atoms with Crippen molar-refractivity contribution in [3.8, 4) is 11.1 Å². The zero-order valence-corrected chi connectivity index (χ0v) is 20.8. The van der Waals surface area contributed by atoms with Gasteiger partial charge in [0.1, 0.15) is 6.10 Å². The molecule has 8 heteroatoms. The predicted octanol–water partition coefficient (Wildman–Crippen LogP) is 4.89. The number of carbonyl (C=O) groups is 2. The maximum absolute atomic E-state index is 13.1. The fraction of sp³-hybridized carbons (Fsp3) is 0.500. The van der Waals surface area contributed by atoms with Gasteiger partial charge in [-0.25, -0.2) is 13.6 Å². The third-order valence-corrected chi connectivity index (χ3v) is 7.76. The number of rotatable bonds is 5. The minimum Gasteiger partial charge on any atom is -0.446 e. The zero-order chi connectivity index (χ0) is 25.5. The van der Waals surface area contributed by atoms with Crippen LogP contribution < -0.4 is 5.32 Å². The molecule has 4 aliphatic rings. The second-order valence-corrected chi connectivity index (χ2v) is 10.8. The van der Waals surface area contributed by atoms with E-state index in [1.54, 1.807) is 12.1 Å². The minimum atomic E-state index is -2.77. The van der Waals surface area contributed by atoms with Crippen molar-refractivity contribution >= 4 is 12.0 Å². The van der Waals surface area contributed by atoms with Crippen LogP contribution >= 0.6 is 0 Å². The molecular weight excluding hydrogens is 464 g/mol. The van der Waals surface area contributed by atoms with Crippen LogP contribution in [0.25, 0.3) is 11.1 Å². The highest BCUT2D eigenvalue weighted by Gasteiger charge is 2.46. The van der Waals surface area contributed by atoms with E-state index < -0.39 is 24.6 Å². The van der Waals surface area contributed by atoms with Crippen molar-refractivity contribution in [2.75, 3.05) is 32.7 Å². The highest BCUT2D eigenvalue weighted by atomic mass is 19.3. The lowest BCUT2D eigenvalue weighted by atomic mass is 9.92. The Morgan fingerprint density at radius 3 is 2.06 bits per heavy atom. The number of nitrogens with one attached hydrogen (secondary N) is 1. The van der Waals surface area contributed by atoms with Crippen LogP contribution in [0.2, 0.25) is 0 Å². The number of alkyl carbamates (subject to hydrolysis) is 1. The Labute approximate surface area is 210 Å². The molecule has 1 unspecified atom stereocenters. The van der Waals surface area contributed by atoms with E-state index in [1.165, 1.54) is 0 Å². The molecule has 1 N–H and O–H groups in total. The van der Waals surface area contributed by atoms with Crippen molar-refractivity contribution in [3.05, 3.63) is 59.7 Å². The van der Waals surface area contributed by atoms with Crippen molar-refractivity contribution in [1.29, 1.82) is 0 Å². The topological polar surface area (TPSA) is 61.9 Å². The first-order valence-corrected chi connectivity index (χ1v) is 12.7. The van der Waals surface area contributed by atoms with Crippen LogP contribution in [0.1, 0.15) is 49.0 Å². The molecule has 4 fully saturated rings. The average Bonchev–Trinajstić information content (AvgIpc) is 3.15. The third-order valence-electron chi connectivity index (χ3n) is 7.76. The zero-order valence-electron chi connectivity index (χ0n) is 20.8. The number of piperidine rings is 1. The Bertz CT molecular complexity index is 1100. The quantitative estimate of drug-likeness (QED) is 0.639. The van der Waals surface area contributed by atoms with Gasteiger partial charge in [0, 0.05) is 12.1 Å².